The molecular formula is C16H22N2O4S. The van der Waals surface area contributed by atoms with Gasteiger partial charge in [-0.05, 0) is 38.8 Å². The molecule has 0 radical (unpaired) electrons. The zero-order chi connectivity index (χ0) is 16.8. The van der Waals surface area contributed by atoms with E-state index in [0.29, 0.717) is 4.88 Å². The molecule has 2 N–H and O–H groups in total. The molecule has 1 atom stereocenters. The first-order valence-corrected chi connectivity index (χ1v) is 8.66. The lowest BCUT2D eigenvalue weighted by Crippen LogP contribution is -2.48. The number of amides is 3. The van der Waals surface area contributed by atoms with Gasteiger partial charge in [-0.25, -0.2) is 9.59 Å². The van der Waals surface area contributed by atoms with Gasteiger partial charge in [0.1, 0.15) is 4.88 Å². The number of aryl methyl sites for hydroxylation is 1. The lowest BCUT2D eigenvalue weighted by atomic mass is 9.96. The number of imide groups is 1. The highest BCUT2D eigenvalue weighted by atomic mass is 32.1. The highest BCUT2D eigenvalue weighted by Crippen LogP contribution is 2.18. The van der Waals surface area contributed by atoms with Crippen LogP contribution in [0.15, 0.2) is 12.1 Å². The second kappa shape index (κ2) is 8.10. The number of rotatable bonds is 4. The van der Waals surface area contributed by atoms with Crippen LogP contribution in [0.4, 0.5) is 4.79 Å². The van der Waals surface area contributed by atoms with Crippen molar-refractivity contribution in [1.29, 1.82) is 0 Å². The molecule has 1 fully saturated rings. The summed E-state index contributed by atoms with van der Waals surface area (Å²) in [6.07, 6.45) is 4.21. The fourth-order valence-corrected chi connectivity index (χ4v) is 3.25. The van der Waals surface area contributed by atoms with E-state index in [1.54, 1.807) is 6.07 Å². The summed E-state index contributed by atoms with van der Waals surface area (Å²) >= 11 is 1.30. The summed E-state index contributed by atoms with van der Waals surface area (Å²) in [5, 5.41) is 5.01. The SMILES string of the molecule is Cc1ccc(C(=O)O[C@H](C)C(=O)NC(=O)NC2CCCCC2)s1. The van der Waals surface area contributed by atoms with Crippen molar-refractivity contribution in [1.82, 2.24) is 10.6 Å². The Balaban J connectivity index is 1.77. The highest BCUT2D eigenvalue weighted by Gasteiger charge is 2.23. The molecule has 1 aromatic heterocycles. The average Bonchev–Trinajstić information content (AvgIpc) is 2.94. The molecule has 0 aromatic carbocycles. The maximum Gasteiger partial charge on any atom is 0.349 e. The van der Waals surface area contributed by atoms with E-state index in [1.807, 2.05) is 13.0 Å². The maximum atomic E-state index is 11.9. The highest BCUT2D eigenvalue weighted by molar-refractivity contribution is 7.13. The minimum absolute atomic E-state index is 0.114. The predicted octanol–water partition coefficient (Wildman–Crippen LogP) is 2.76. The van der Waals surface area contributed by atoms with Crippen LogP contribution in [0.3, 0.4) is 0 Å². The van der Waals surface area contributed by atoms with Gasteiger partial charge in [0, 0.05) is 10.9 Å². The molecule has 126 valence electrons. The zero-order valence-corrected chi connectivity index (χ0v) is 14.2. The van der Waals surface area contributed by atoms with Crippen molar-refractivity contribution >= 4 is 29.2 Å². The molecule has 0 spiro atoms. The van der Waals surface area contributed by atoms with Gasteiger partial charge in [-0.15, -0.1) is 11.3 Å². The average molecular weight is 338 g/mol. The van der Waals surface area contributed by atoms with Crippen LogP contribution < -0.4 is 10.6 Å². The van der Waals surface area contributed by atoms with Crippen molar-refractivity contribution in [2.45, 2.75) is 58.1 Å². The summed E-state index contributed by atoms with van der Waals surface area (Å²) in [6.45, 7) is 3.33. The third-order valence-electron chi connectivity index (χ3n) is 3.77. The molecule has 1 saturated carbocycles. The number of thiophene rings is 1. The van der Waals surface area contributed by atoms with Crippen molar-refractivity contribution in [3.63, 3.8) is 0 Å². The molecule has 2 rings (SSSR count). The fraction of sp³-hybridized carbons (Fsp3) is 0.562. The Bertz CT molecular complexity index is 578. The maximum absolute atomic E-state index is 11.9. The van der Waals surface area contributed by atoms with Crippen LogP contribution in [0.1, 0.15) is 53.6 Å². The molecule has 0 unspecified atom stereocenters. The lowest BCUT2D eigenvalue weighted by Gasteiger charge is -2.23. The summed E-state index contributed by atoms with van der Waals surface area (Å²) in [5.41, 5.74) is 0. The molecule has 1 aliphatic carbocycles. The molecular weight excluding hydrogens is 316 g/mol. The smallest absolute Gasteiger partial charge is 0.349 e. The number of nitrogens with one attached hydrogen (secondary N) is 2. The number of hydrogen-bond donors (Lipinski definition) is 2. The van der Waals surface area contributed by atoms with Gasteiger partial charge in [-0.2, -0.15) is 0 Å². The van der Waals surface area contributed by atoms with Gasteiger partial charge < -0.3 is 10.1 Å². The largest absolute Gasteiger partial charge is 0.448 e. The Morgan fingerprint density at radius 2 is 1.91 bits per heavy atom. The molecule has 7 heteroatoms. The molecule has 1 aliphatic rings. The molecule has 6 nitrogen and oxygen atoms in total. The Morgan fingerprint density at radius 1 is 1.22 bits per heavy atom. The van der Waals surface area contributed by atoms with Crippen molar-refractivity contribution in [3.8, 4) is 0 Å². The fourth-order valence-electron chi connectivity index (χ4n) is 2.50. The van der Waals surface area contributed by atoms with Crippen molar-refractivity contribution in [3.05, 3.63) is 21.9 Å². The lowest BCUT2D eigenvalue weighted by molar-refractivity contribution is -0.127. The molecule has 23 heavy (non-hydrogen) atoms. The van der Waals surface area contributed by atoms with Gasteiger partial charge >= 0.3 is 12.0 Å². The number of hydrogen-bond acceptors (Lipinski definition) is 5. The van der Waals surface area contributed by atoms with Crippen LogP contribution in [0, 0.1) is 6.92 Å². The first kappa shape index (κ1) is 17.5. The Morgan fingerprint density at radius 3 is 2.52 bits per heavy atom. The van der Waals surface area contributed by atoms with Gasteiger partial charge in [0.05, 0.1) is 0 Å². The molecule has 0 aliphatic heterocycles. The van der Waals surface area contributed by atoms with Gasteiger partial charge in [0.2, 0.25) is 0 Å². The standard InChI is InChI=1S/C16H22N2O4S/c1-10-8-9-13(23-10)15(20)22-11(2)14(19)18-16(21)17-12-6-4-3-5-7-12/h8-9,11-12H,3-7H2,1-2H3,(H2,17,18,19,21)/t11-/m1/s1. The van der Waals surface area contributed by atoms with Gasteiger partial charge in [-0.3, -0.25) is 10.1 Å². The monoisotopic (exact) mass is 338 g/mol. The van der Waals surface area contributed by atoms with Gasteiger partial charge in [0.15, 0.2) is 6.10 Å². The van der Waals surface area contributed by atoms with E-state index in [1.165, 1.54) is 24.7 Å². The van der Waals surface area contributed by atoms with Crippen LogP contribution in [0.2, 0.25) is 0 Å². The Labute approximate surface area is 139 Å². The third kappa shape index (κ3) is 5.35. The van der Waals surface area contributed by atoms with E-state index in [9.17, 15) is 14.4 Å². The van der Waals surface area contributed by atoms with E-state index in [0.717, 1.165) is 30.6 Å². The topological polar surface area (TPSA) is 84.5 Å². The van der Waals surface area contributed by atoms with Crippen LogP contribution in [-0.4, -0.2) is 30.1 Å². The van der Waals surface area contributed by atoms with Crippen LogP contribution in [-0.2, 0) is 9.53 Å². The molecule has 1 aromatic rings. The molecule has 1 heterocycles. The molecule has 3 amide bonds. The van der Waals surface area contributed by atoms with Crippen LogP contribution in [0.5, 0.6) is 0 Å². The number of ether oxygens (including phenoxy) is 1. The number of urea groups is 1. The minimum Gasteiger partial charge on any atom is -0.448 e. The molecule has 0 saturated heterocycles. The minimum atomic E-state index is -1.03. The van der Waals surface area contributed by atoms with E-state index in [4.69, 9.17) is 4.74 Å². The van der Waals surface area contributed by atoms with E-state index in [-0.39, 0.29) is 6.04 Å². The van der Waals surface area contributed by atoms with Crippen LogP contribution >= 0.6 is 11.3 Å². The summed E-state index contributed by atoms with van der Waals surface area (Å²) in [6, 6.07) is 3.05. The summed E-state index contributed by atoms with van der Waals surface area (Å²) in [5.74, 6) is -1.18. The quantitative estimate of drug-likeness (QED) is 0.827. The van der Waals surface area contributed by atoms with Crippen molar-refractivity contribution < 1.29 is 19.1 Å². The number of carbonyl (C=O) groups excluding carboxylic acids is 3. The normalized spacial score (nSPS) is 16.4. The van der Waals surface area contributed by atoms with Crippen LogP contribution in [0.25, 0.3) is 0 Å². The first-order valence-electron chi connectivity index (χ1n) is 7.84. The zero-order valence-electron chi connectivity index (χ0n) is 13.4. The van der Waals surface area contributed by atoms with E-state index >= 15 is 0 Å². The number of esters is 1. The third-order valence-corrected chi connectivity index (χ3v) is 4.75. The summed E-state index contributed by atoms with van der Waals surface area (Å²) in [4.78, 5) is 37.0. The first-order chi connectivity index (χ1) is 11.0. The molecule has 0 bridgehead atoms. The van der Waals surface area contributed by atoms with Crippen molar-refractivity contribution in [2.75, 3.05) is 0 Å². The van der Waals surface area contributed by atoms with E-state index in [2.05, 4.69) is 10.6 Å². The summed E-state index contributed by atoms with van der Waals surface area (Å²) in [7, 11) is 0. The predicted molar refractivity (Wildman–Crippen MR) is 87.5 cm³/mol. The second-order valence-electron chi connectivity index (χ2n) is 5.76. The van der Waals surface area contributed by atoms with Gasteiger partial charge in [-0.1, -0.05) is 19.3 Å². The van der Waals surface area contributed by atoms with Gasteiger partial charge in [0.25, 0.3) is 5.91 Å². The second-order valence-corrected chi connectivity index (χ2v) is 7.04. The Kier molecular flexibility index (Phi) is 6.15. The van der Waals surface area contributed by atoms with Crippen molar-refractivity contribution in [2.24, 2.45) is 0 Å². The summed E-state index contributed by atoms with van der Waals surface area (Å²) < 4.78 is 5.08. The number of carbonyl (C=O) groups is 3. The Hall–Kier alpha value is -1.89. The van der Waals surface area contributed by atoms with E-state index < -0.39 is 24.0 Å².